The van der Waals surface area contributed by atoms with Crippen LogP contribution in [0.15, 0.2) is 122 Å². The summed E-state index contributed by atoms with van der Waals surface area (Å²) in [5, 5.41) is 0. The van der Waals surface area contributed by atoms with E-state index in [0.29, 0.717) is 30.9 Å². The number of hydrogen-bond acceptors (Lipinski definition) is 6. The maximum Gasteiger partial charge on any atom is 0.417 e. The van der Waals surface area contributed by atoms with Crippen molar-refractivity contribution in [2.24, 2.45) is 5.92 Å². The first-order valence-corrected chi connectivity index (χ1v) is 18.1. The molecule has 1 aliphatic rings. The molecule has 0 radical (unpaired) electrons. The minimum absolute atomic E-state index is 0.0290. The fraction of sp³-hybridized carbons (Fsp3) is 0.318. The van der Waals surface area contributed by atoms with Crippen LogP contribution in [-0.2, 0) is 42.6 Å². The third-order valence-corrected chi connectivity index (χ3v) is 8.96. The first kappa shape index (κ1) is 43.2. The molecular formula is C44H44F6O6. The SMILES string of the molecule is C=CC(=O)OCCC=CCCOc1ccc(-c2ccc(-c3ccc(CCC4=CCC(C=COCCOC(=O)C=C)CC4)cc3)c(C(F)(F)F)c2C(F)(F)F)cc1. The number of halogens is 6. The summed E-state index contributed by atoms with van der Waals surface area (Å²) in [5.41, 5.74) is -2.52. The van der Waals surface area contributed by atoms with Crippen molar-refractivity contribution >= 4 is 11.9 Å². The molecule has 0 fully saturated rings. The molecular weight excluding hydrogens is 738 g/mol. The molecule has 0 aliphatic heterocycles. The molecule has 12 heteroatoms. The second-order valence-corrected chi connectivity index (χ2v) is 12.9. The maximum absolute atomic E-state index is 14.6. The van der Waals surface area contributed by atoms with Gasteiger partial charge >= 0.3 is 24.3 Å². The monoisotopic (exact) mass is 782 g/mol. The second-order valence-electron chi connectivity index (χ2n) is 12.9. The Labute approximate surface area is 322 Å². The number of esters is 2. The molecule has 1 aliphatic carbocycles. The lowest BCUT2D eigenvalue weighted by atomic mass is 9.86. The number of carbonyl (C=O) groups is 2. The molecule has 0 bridgehead atoms. The van der Waals surface area contributed by atoms with E-state index in [0.717, 1.165) is 55.5 Å². The highest BCUT2D eigenvalue weighted by Crippen LogP contribution is 2.49. The first-order valence-electron chi connectivity index (χ1n) is 18.1. The number of hydrogen-bond donors (Lipinski definition) is 0. The van der Waals surface area contributed by atoms with Gasteiger partial charge in [-0.15, -0.1) is 0 Å². The van der Waals surface area contributed by atoms with Crippen LogP contribution in [0.5, 0.6) is 5.75 Å². The Morgan fingerprint density at radius 3 is 1.79 bits per heavy atom. The Hall–Kier alpha value is -5.52. The van der Waals surface area contributed by atoms with Gasteiger partial charge in [0.2, 0.25) is 0 Å². The van der Waals surface area contributed by atoms with E-state index < -0.39 is 46.5 Å². The number of rotatable bonds is 19. The average Bonchev–Trinajstić information content (AvgIpc) is 3.18. The number of carbonyl (C=O) groups excluding carboxylic acids is 2. The molecule has 3 aromatic rings. The van der Waals surface area contributed by atoms with Crippen LogP contribution in [0.2, 0.25) is 0 Å². The van der Waals surface area contributed by atoms with Gasteiger partial charge in [0, 0.05) is 12.2 Å². The highest BCUT2D eigenvalue weighted by Gasteiger charge is 2.47. The summed E-state index contributed by atoms with van der Waals surface area (Å²) in [4.78, 5) is 22.1. The second kappa shape index (κ2) is 21.0. The molecule has 6 nitrogen and oxygen atoms in total. The van der Waals surface area contributed by atoms with Gasteiger partial charge in [0.25, 0.3) is 0 Å². The molecule has 4 rings (SSSR count). The van der Waals surface area contributed by atoms with Gasteiger partial charge < -0.3 is 18.9 Å². The average molecular weight is 783 g/mol. The van der Waals surface area contributed by atoms with E-state index in [1.807, 2.05) is 12.2 Å². The molecule has 1 unspecified atom stereocenters. The predicted octanol–water partition coefficient (Wildman–Crippen LogP) is 11.4. The molecule has 0 spiro atoms. The molecule has 56 heavy (non-hydrogen) atoms. The molecule has 298 valence electrons. The number of ether oxygens (including phenoxy) is 4. The Kier molecular flexibility index (Phi) is 16.2. The van der Waals surface area contributed by atoms with Gasteiger partial charge in [0.1, 0.15) is 19.0 Å². The normalized spacial score (nSPS) is 14.7. The van der Waals surface area contributed by atoms with Crippen molar-refractivity contribution in [1.29, 1.82) is 0 Å². The maximum atomic E-state index is 14.6. The van der Waals surface area contributed by atoms with E-state index in [1.54, 1.807) is 24.5 Å². The minimum Gasteiger partial charge on any atom is -0.498 e. The van der Waals surface area contributed by atoms with Gasteiger partial charge in [-0.1, -0.05) is 85.5 Å². The third kappa shape index (κ3) is 13.3. The van der Waals surface area contributed by atoms with Crippen LogP contribution in [0.1, 0.15) is 55.2 Å². The molecule has 3 aromatic carbocycles. The van der Waals surface area contributed by atoms with Crippen LogP contribution in [-0.4, -0.2) is 38.4 Å². The summed E-state index contributed by atoms with van der Waals surface area (Å²) in [6, 6.07) is 13.8. The smallest absolute Gasteiger partial charge is 0.417 e. The molecule has 0 N–H and O–H groups in total. The molecule has 0 saturated carbocycles. The Morgan fingerprint density at radius 1 is 0.696 bits per heavy atom. The van der Waals surface area contributed by atoms with E-state index in [9.17, 15) is 35.9 Å². The van der Waals surface area contributed by atoms with E-state index in [1.165, 1.54) is 42.0 Å². The lowest BCUT2D eigenvalue weighted by Gasteiger charge is -2.23. The summed E-state index contributed by atoms with van der Waals surface area (Å²) >= 11 is 0. The number of alkyl halides is 6. The van der Waals surface area contributed by atoms with Crippen LogP contribution in [0.25, 0.3) is 22.3 Å². The molecule has 1 atom stereocenters. The lowest BCUT2D eigenvalue weighted by Crippen LogP contribution is -2.19. The summed E-state index contributed by atoms with van der Waals surface area (Å²) < 4.78 is 108. The standard InChI is InChI=1S/C44H44F6O6/c1-3-39(51)55-27-8-6-5-7-26-54-36-21-19-35(20-22-36)38-24-23-37(41(43(45,46)47)42(38)44(48,49)50)34-17-15-32(16-18-34)10-9-31-11-13-33(14-12-31)25-28-53-29-30-56-40(52)4-2/h3-6,11,15-25,28,33H,1-2,7-10,12-14,26-27,29-30H2. The topological polar surface area (TPSA) is 71.1 Å². The fourth-order valence-corrected chi connectivity index (χ4v) is 6.12. The number of benzene rings is 3. The van der Waals surface area contributed by atoms with E-state index in [4.69, 9.17) is 18.9 Å². The van der Waals surface area contributed by atoms with Gasteiger partial charge in [-0.05, 0) is 96.9 Å². The summed E-state index contributed by atoms with van der Waals surface area (Å²) in [6.45, 7) is 7.45. The Bertz CT molecular complexity index is 1870. The predicted molar refractivity (Wildman–Crippen MR) is 202 cm³/mol. The first-order chi connectivity index (χ1) is 26.8. The van der Waals surface area contributed by atoms with Crippen LogP contribution in [0.4, 0.5) is 26.3 Å². The van der Waals surface area contributed by atoms with Crippen LogP contribution < -0.4 is 4.74 Å². The number of allylic oxidation sites excluding steroid dienone is 3. The van der Waals surface area contributed by atoms with E-state index in [2.05, 4.69) is 19.2 Å². The molecule has 0 heterocycles. The van der Waals surface area contributed by atoms with Gasteiger partial charge in [0.15, 0.2) is 0 Å². The largest absolute Gasteiger partial charge is 0.498 e. The number of aryl methyl sites for hydroxylation is 1. The van der Waals surface area contributed by atoms with Crippen molar-refractivity contribution in [3.05, 3.63) is 139 Å². The van der Waals surface area contributed by atoms with Crippen molar-refractivity contribution in [1.82, 2.24) is 0 Å². The quantitative estimate of drug-likeness (QED) is 0.0301. The van der Waals surface area contributed by atoms with Gasteiger partial charge in [-0.25, -0.2) is 9.59 Å². The van der Waals surface area contributed by atoms with Crippen molar-refractivity contribution in [3.8, 4) is 28.0 Å². The zero-order valence-corrected chi connectivity index (χ0v) is 30.8. The summed E-state index contributed by atoms with van der Waals surface area (Å²) in [6.07, 6.45) is 5.92. The van der Waals surface area contributed by atoms with E-state index in [-0.39, 0.29) is 37.6 Å². The Morgan fingerprint density at radius 2 is 1.25 bits per heavy atom. The highest BCUT2D eigenvalue weighted by atomic mass is 19.4. The van der Waals surface area contributed by atoms with E-state index >= 15 is 0 Å². The van der Waals surface area contributed by atoms with Gasteiger partial charge in [-0.2, -0.15) is 26.3 Å². The van der Waals surface area contributed by atoms with Gasteiger partial charge in [0.05, 0.1) is 30.6 Å². The highest BCUT2D eigenvalue weighted by molar-refractivity contribution is 5.81. The molecule has 0 saturated heterocycles. The van der Waals surface area contributed by atoms with Crippen LogP contribution >= 0.6 is 0 Å². The Balaban J connectivity index is 1.39. The minimum atomic E-state index is -5.31. The zero-order chi connectivity index (χ0) is 40.6. The summed E-state index contributed by atoms with van der Waals surface area (Å²) in [7, 11) is 0. The van der Waals surface area contributed by atoms with Crippen molar-refractivity contribution in [3.63, 3.8) is 0 Å². The summed E-state index contributed by atoms with van der Waals surface area (Å²) in [5.74, 6) is -0.376. The third-order valence-electron chi connectivity index (χ3n) is 8.96. The lowest BCUT2D eigenvalue weighted by molar-refractivity contribution is -0.161. The van der Waals surface area contributed by atoms with Crippen LogP contribution in [0, 0.1) is 5.92 Å². The molecule has 0 amide bonds. The van der Waals surface area contributed by atoms with Crippen LogP contribution in [0.3, 0.4) is 0 Å². The van der Waals surface area contributed by atoms with Crippen molar-refractivity contribution in [2.45, 2.75) is 57.3 Å². The zero-order valence-electron chi connectivity index (χ0n) is 30.8. The van der Waals surface area contributed by atoms with Crippen molar-refractivity contribution < 1.29 is 54.9 Å². The fourth-order valence-electron chi connectivity index (χ4n) is 6.12. The van der Waals surface area contributed by atoms with Gasteiger partial charge in [-0.3, -0.25) is 0 Å². The molecule has 0 aromatic heterocycles. The van der Waals surface area contributed by atoms with Crippen molar-refractivity contribution in [2.75, 3.05) is 26.4 Å².